The van der Waals surface area contributed by atoms with E-state index in [-0.39, 0.29) is 11.9 Å². The fourth-order valence-electron chi connectivity index (χ4n) is 3.77. The van der Waals surface area contributed by atoms with Crippen molar-refractivity contribution < 1.29 is 14.3 Å². The van der Waals surface area contributed by atoms with Gasteiger partial charge < -0.3 is 19.3 Å². The number of carbonyl (C=O) groups is 1. The van der Waals surface area contributed by atoms with Gasteiger partial charge in [0.25, 0.3) is 0 Å². The third-order valence-electron chi connectivity index (χ3n) is 5.39. The molecule has 29 heavy (non-hydrogen) atoms. The van der Waals surface area contributed by atoms with Crippen molar-refractivity contribution in [2.75, 3.05) is 68.2 Å². The second-order valence-electron chi connectivity index (χ2n) is 7.26. The van der Waals surface area contributed by atoms with Crippen molar-refractivity contribution >= 4 is 23.2 Å². The Labute approximate surface area is 171 Å². The molecule has 2 aliphatic heterocycles. The van der Waals surface area contributed by atoms with Crippen LogP contribution in [0.4, 0.5) is 17.3 Å². The summed E-state index contributed by atoms with van der Waals surface area (Å²) in [4.78, 5) is 28.4. The second-order valence-corrected chi connectivity index (χ2v) is 7.26. The highest BCUT2D eigenvalue weighted by Gasteiger charge is 2.32. The summed E-state index contributed by atoms with van der Waals surface area (Å²) in [5.41, 5.74) is 2.04. The van der Waals surface area contributed by atoms with Crippen LogP contribution in [0.5, 0.6) is 6.01 Å². The van der Waals surface area contributed by atoms with Gasteiger partial charge in [0, 0.05) is 39.6 Å². The highest BCUT2D eigenvalue weighted by atomic mass is 16.5. The number of rotatable bonds is 5. The molecule has 0 N–H and O–H groups in total. The number of aryl methyl sites for hydroxylation is 1. The molecule has 0 unspecified atom stereocenters. The standard InChI is InChI=1S/C21H27N5O3/c1-24-10-11-26(17(27)9-8-16-6-4-3-5-7-16)20-18(24)19(22-21(23-20)28-2)25-12-14-29-15-13-25/h3-7H,8-15H2,1-2H3. The summed E-state index contributed by atoms with van der Waals surface area (Å²) < 4.78 is 10.9. The van der Waals surface area contributed by atoms with Gasteiger partial charge in [-0.3, -0.25) is 9.69 Å². The average Bonchev–Trinajstić information content (AvgIpc) is 2.78. The molecule has 0 spiro atoms. The molecule has 1 amide bonds. The Bertz CT molecular complexity index is 855. The first-order chi connectivity index (χ1) is 14.2. The highest BCUT2D eigenvalue weighted by molar-refractivity contribution is 5.98. The molecular weight excluding hydrogens is 370 g/mol. The summed E-state index contributed by atoms with van der Waals surface area (Å²) in [6.07, 6.45) is 1.15. The third-order valence-corrected chi connectivity index (χ3v) is 5.39. The van der Waals surface area contributed by atoms with Crippen LogP contribution in [0.2, 0.25) is 0 Å². The van der Waals surface area contributed by atoms with Crippen molar-refractivity contribution in [2.45, 2.75) is 12.8 Å². The van der Waals surface area contributed by atoms with Gasteiger partial charge >= 0.3 is 6.01 Å². The van der Waals surface area contributed by atoms with Crippen LogP contribution in [0.3, 0.4) is 0 Å². The van der Waals surface area contributed by atoms with Crippen molar-refractivity contribution in [1.29, 1.82) is 0 Å². The zero-order valence-electron chi connectivity index (χ0n) is 17.0. The van der Waals surface area contributed by atoms with Crippen LogP contribution < -0.4 is 19.4 Å². The highest BCUT2D eigenvalue weighted by Crippen LogP contribution is 2.40. The third kappa shape index (κ3) is 4.12. The topological polar surface area (TPSA) is 71.0 Å². The molecule has 4 rings (SSSR count). The van der Waals surface area contributed by atoms with Crippen LogP contribution in [0.25, 0.3) is 0 Å². The van der Waals surface area contributed by atoms with Gasteiger partial charge in [-0.15, -0.1) is 0 Å². The van der Waals surface area contributed by atoms with E-state index < -0.39 is 0 Å². The van der Waals surface area contributed by atoms with E-state index in [4.69, 9.17) is 9.47 Å². The molecule has 1 aromatic heterocycles. The Morgan fingerprint density at radius 3 is 2.52 bits per heavy atom. The lowest BCUT2D eigenvalue weighted by Gasteiger charge is -2.38. The monoisotopic (exact) mass is 397 g/mol. The maximum absolute atomic E-state index is 13.1. The number of anilines is 3. The Morgan fingerprint density at radius 1 is 1.07 bits per heavy atom. The Morgan fingerprint density at radius 2 is 1.79 bits per heavy atom. The van der Waals surface area contributed by atoms with E-state index in [1.54, 1.807) is 12.0 Å². The first-order valence-electron chi connectivity index (χ1n) is 10.0. The fraction of sp³-hybridized carbons (Fsp3) is 0.476. The molecule has 154 valence electrons. The average molecular weight is 397 g/mol. The van der Waals surface area contributed by atoms with E-state index in [0.29, 0.717) is 38.4 Å². The van der Waals surface area contributed by atoms with E-state index in [2.05, 4.69) is 19.8 Å². The lowest BCUT2D eigenvalue weighted by Crippen LogP contribution is -2.45. The first-order valence-corrected chi connectivity index (χ1v) is 10.0. The van der Waals surface area contributed by atoms with Gasteiger partial charge in [-0.25, -0.2) is 0 Å². The Hall–Kier alpha value is -2.87. The number of hydrogen-bond acceptors (Lipinski definition) is 7. The fourth-order valence-corrected chi connectivity index (χ4v) is 3.77. The summed E-state index contributed by atoms with van der Waals surface area (Å²) in [6.45, 7) is 4.15. The SMILES string of the molecule is COc1nc(N2CCOCC2)c2c(n1)N(C(=O)CCc1ccccc1)CCN2C. The van der Waals surface area contributed by atoms with E-state index in [9.17, 15) is 4.79 Å². The summed E-state index contributed by atoms with van der Waals surface area (Å²) in [6, 6.07) is 10.4. The molecule has 8 heteroatoms. The molecule has 8 nitrogen and oxygen atoms in total. The maximum Gasteiger partial charge on any atom is 0.320 e. The summed E-state index contributed by atoms with van der Waals surface area (Å²) in [5, 5.41) is 0. The summed E-state index contributed by atoms with van der Waals surface area (Å²) in [5.74, 6) is 1.50. The Balaban J connectivity index is 1.63. The molecule has 2 aromatic rings. The summed E-state index contributed by atoms with van der Waals surface area (Å²) in [7, 11) is 3.57. The minimum atomic E-state index is 0.0666. The molecule has 0 bridgehead atoms. The minimum Gasteiger partial charge on any atom is -0.467 e. The van der Waals surface area contributed by atoms with Gasteiger partial charge in [0.1, 0.15) is 5.69 Å². The molecule has 1 saturated heterocycles. The lowest BCUT2D eigenvalue weighted by molar-refractivity contribution is -0.118. The van der Waals surface area contributed by atoms with Crippen molar-refractivity contribution in [3.8, 4) is 6.01 Å². The molecule has 0 atom stereocenters. The van der Waals surface area contributed by atoms with Crippen LogP contribution in [-0.4, -0.2) is 69.4 Å². The molecular formula is C21H27N5O3. The number of benzene rings is 1. The van der Waals surface area contributed by atoms with E-state index in [0.717, 1.165) is 36.7 Å². The number of amides is 1. The predicted octanol–water partition coefficient (Wildman–Crippen LogP) is 1.74. The molecule has 1 aromatic carbocycles. The van der Waals surface area contributed by atoms with E-state index in [1.165, 1.54) is 0 Å². The van der Waals surface area contributed by atoms with Crippen LogP contribution in [0.1, 0.15) is 12.0 Å². The van der Waals surface area contributed by atoms with Gasteiger partial charge in [-0.2, -0.15) is 9.97 Å². The van der Waals surface area contributed by atoms with Gasteiger partial charge in [-0.05, 0) is 12.0 Å². The molecule has 3 heterocycles. The number of methoxy groups -OCH3 is 1. The van der Waals surface area contributed by atoms with Crippen molar-refractivity contribution in [2.24, 2.45) is 0 Å². The molecule has 2 aliphatic rings. The number of morpholine rings is 1. The van der Waals surface area contributed by atoms with Crippen LogP contribution in [0, 0.1) is 0 Å². The second kappa shape index (κ2) is 8.65. The normalized spacial score (nSPS) is 16.6. The first kappa shape index (κ1) is 19.4. The zero-order valence-corrected chi connectivity index (χ0v) is 17.0. The van der Waals surface area contributed by atoms with Gasteiger partial charge in [-0.1, -0.05) is 30.3 Å². The van der Waals surface area contributed by atoms with Crippen molar-refractivity contribution in [1.82, 2.24) is 9.97 Å². The van der Waals surface area contributed by atoms with Crippen molar-refractivity contribution in [3.05, 3.63) is 35.9 Å². The molecule has 0 radical (unpaired) electrons. The Kier molecular flexibility index (Phi) is 5.80. The summed E-state index contributed by atoms with van der Waals surface area (Å²) >= 11 is 0. The zero-order chi connectivity index (χ0) is 20.2. The van der Waals surface area contributed by atoms with Gasteiger partial charge in [0.15, 0.2) is 11.6 Å². The lowest BCUT2D eigenvalue weighted by atomic mass is 10.1. The molecule has 0 aliphatic carbocycles. The molecule has 1 fully saturated rings. The molecule has 0 saturated carbocycles. The van der Waals surface area contributed by atoms with Gasteiger partial charge in [0.05, 0.1) is 20.3 Å². The quantitative estimate of drug-likeness (QED) is 0.761. The largest absolute Gasteiger partial charge is 0.467 e. The number of aromatic nitrogens is 2. The number of likely N-dealkylation sites (N-methyl/N-ethyl adjacent to an activating group) is 1. The minimum absolute atomic E-state index is 0.0666. The van der Waals surface area contributed by atoms with E-state index >= 15 is 0 Å². The van der Waals surface area contributed by atoms with Crippen LogP contribution in [-0.2, 0) is 16.0 Å². The van der Waals surface area contributed by atoms with Gasteiger partial charge in [0.2, 0.25) is 5.91 Å². The van der Waals surface area contributed by atoms with Crippen molar-refractivity contribution in [3.63, 3.8) is 0 Å². The van der Waals surface area contributed by atoms with Crippen LogP contribution in [0.15, 0.2) is 30.3 Å². The smallest absolute Gasteiger partial charge is 0.320 e. The van der Waals surface area contributed by atoms with E-state index in [1.807, 2.05) is 37.4 Å². The number of carbonyl (C=O) groups excluding carboxylic acids is 1. The number of hydrogen-bond donors (Lipinski definition) is 0. The predicted molar refractivity (Wildman–Crippen MR) is 112 cm³/mol. The number of ether oxygens (including phenoxy) is 2. The van der Waals surface area contributed by atoms with Crippen LogP contribution >= 0.6 is 0 Å². The number of nitrogens with zero attached hydrogens (tertiary/aromatic N) is 5. The number of fused-ring (bicyclic) bond motifs is 1. The maximum atomic E-state index is 13.1.